The van der Waals surface area contributed by atoms with E-state index in [2.05, 4.69) is 138 Å². The third-order valence-corrected chi connectivity index (χ3v) is 13.2. The van der Waals surface area contributed by atoms with Gasteiger partial charge in [0.05, 0.1) is 18.0 Å². The monoisotopic (exact) mass is 926 g/mol. The van der Waals surface area contributed by atoms with Crippen molar-refractivity contribution in [3.63, 3.8) is 0 Å². The van der Waals surface area contributed by atoms with E-state index in [1.807, 2.05) is 18.4 Å². The maximum atomic E-state index is 12.9. The summed E-state index contributed by atoms with van der Waals surface area (Å²) in [5, 5.41) is 12.3. The highest BCUT2D eigenvalue weighted by molar-refractivity contribution is 9.10. The van der Waals surface area contributed by atoms with Crippen molar-refractivity contribution in [2.45, 2.75) is 132 Å². The fraction of sp³-hybridized carbons (Fsp3) is 0.632. The normalized spacial score (nSPS) is 13.5. The third kappa shape index (κ3) is 16.5. The molecule has 0 unspecified atom stereocenters. The Morgan fingerprint density at radius 3 is 1.51 bits per heavy atom. The summed E-state index contributed by atoms with van der Waals surface area (Å²) in [7, 11) is -2.27. The number of rotatable bonds is 13. The van der Waals surface area contributed by atoms with Gasteiger partial charge in [0.25, 0.3) is 5.91 Å². The smallest absolute Gasteiger partial charge is 0.339 e. The molecule has 0 spiro atoms. The number of ether oxygens (including phenoxy) is 2. The van der Waals surface area contributed by atoms with Crippen LogP contribution in [0.25, 0.3) is 22.3 Å². The van der Waals surface area contributed by atoms with E-state index in [0.717, 1.165) is 12.1 Å². The van der Waals surface area contributed by atoms with Gasteiger partial charge in [0.1, 0.15) is 39.3 Å². The van der Waals surface area contributed by atoms with Crippen LogP contribution in [-0.4, -0.2) is 87.5 Å². The number of aromatic carboxylic acids is 1. The average molecular weight is 929 g/mol. The lowest BCUT2D eigenvalue weighted by Crippen LogP contribution is -2.41. The van der Waals surface area contributed by atoms with Crippen LogP contribution in [-0.2, 0) is 22.9 Å². The van der Waals surface area contributed by atoms with Crippen LogP contribution in [0, 0.1) is 10.8 Å². The summed E-state index contributed by atoms with van der Waals surface area (Å²) < 4.78 is 16.2. The van der Waals surface area contributed by atoms with Crippen LogP contribution in [0.2, 0.25) is 51.4 Å². The number of halogens is 2. The Balaban J connectivity index is 0.000000331. The Morgan fingerprint density at radius 2 is 1.16 bits per heavy atom. The van der Waals surface area contributed by atoms with Gasteiger partial charge in [-0.2, -0.15) is 0 Å². The molecule has 4 aromatic rings. The number of amides is 1. The summed E-state index contributed by atoms with van der Waals surface area (Å²) in [6.07, 6.45) is 6.50. The fourth-order valence-corrected chi connectivity index (χ4v) is 6.23. The molecule has 0 aliphatic heterocycles. The van der Waals surface area contributed by atoms with Gasteiger partial charge in [0.2, 0.25) is 0 Å². The first-order valence-electron chi connectivity index (χ1n) is 18.6. The van der Waals surface area contributed by atoms with Crippen molar-refractivity contribution < 1.29 is 24.2 Å². The minimum absolute atomic E-state index is 0.0245. The molecule has 13 nitrogen and oxygen atoms in total. The van der Waals surface area contributed by atoms with E-state index in [9.17, 15) is 14.7 Å². The standard InChI is InChI=1S/C19H31BrN4O2Si.C13H18BrN3O3Si.C6H15N/c1-13(19(2,3)4)22-18(25)14-11-24(12-26-8-9-27(5,6)7)17-16(14)23-15(20)10-21-17;1-21(2,3)5-4-20-8-17-7-9(13(18)19)11-12(17)15-6-10(14)16-11;1-5(7)6(2,3)4/h10-11,13H,8-9,12H2,1-7H3,(H,22,25);6-7H,4-5,8H2,1-3H3,(H,18,19);5H,7H2,1-4H3/t13-;;5-/m0.0/s1. The number of hydrogen-bond donors (Lipinski definition) is 3. The van der Waals surface area contributed by atoms with Crippen LogP contribution in [0.5, 0.6) is 0 Å². The highest BCUT2D eigenvalue weighted by Gasteiger charge is 2.25. The topological polar surface area (TPSA) is 172 Å². The first-order chi connectivity index (χ1) is 25.1. The van der Waals surface area contributed by atoms with E-state index in [1.54, 1.807) is 23.2 Å². The van der Waals surface area contributed by atoms with Gasteiger partial charge >= 0.3 is 5.97 Å². The van der Waals surface area contributed by atoms with Gasteiger partial charge in [-0.1, -0.05) is 80.8 Å². The number of nitrogens with one attached hydrogen (secondary N) is 1. The second kappa shape index (κ2) is 20.2. The second-order valence-corrected chi connectivity index (χ2v) is 31.3. The molecule has 4 rings (SSSR count). The predicted octanol–water partition coefficient (Wildman–Crippen LogP) is 9.25. The highest BCUT2D eigenvalue weighted by atomic mass is 79.9. The first kappa shape index (κ1) is 48.6. The number of carbonyl (C=O) groups excluding carboxylic acids is 1. The zero-order chi connectivity index (χ0) is 42.1. The van der Waals surface area contributed by atoms with Crippen LogP contribution >= 0.6 is 31.9 Å². The van der Waals surface area contributed by atoms with Gasteiger partial charge in [-0.05, 0) is 68.6 Å². The number of fused-ring (bicyclic) bond motifs is 2. The van der Waals surface area contributed by atoms with E-state index >= 15 is 0 Å². The number of hydrogen-bond acceptors (Lipinski definition) is 9. The summed E-state index contributed by atoms with van der Waals surface area (Å²) in [6, 6.07) is 2.48. The number of aromatic nitrogens is 6. The molecule has 0 saturated carbocycles. The molecule has 4 N–H and O–H groups in total. The lowest BCUT2D eigenvalue weighted by Gasteiger charge is -2.27. The molecule has 1 amide bonds. The van der Waals surface area contributed by atoms with E-state index < -0.39 is 22.1 Å². The van der Waals surface area contributed by atoms with Crippen LogP contribution in [0.1, 0.15) is 76.1 Å². The van der Waals surface area contributed by atoms with Crippen LogP contribution in [0.4, 0.5) is 0 Å². The Bertz CT molecular complexity index is 1870. The molecule has 55 heavy (non-hydrogen) atoms. The molecule has 0 bridgehead atoms. The van der Waals surface area contributed by atoms with E-state index in [0.29, 0.717) is 63.1 Å². The van der Waals surface area contributed by atoms with Gasteiger partial charge < -0.3 is 34.8 Å². The molecule has 0 saturated heterocycles. The Kier molecular flexibility index (Phi) is 17.9. The molecule has 0 aromatic carbocycles. The SMILES string of the molecule is C[C@H](N)C(C)(C)C.C[C@H](NC(=O)c1cn(COCC[Si](C)(C)C)c2ncc(Br)nc12)C(C)(C)C.C[Si](C)(C)CCOCn1cc(C(=O)O)c2nc(Br)cnc21. The summed E-state index contributed by atoms with van der Waals surface area (Å²) in [6.45, 7) is 32.6. The van der Waals surface area contributed by atoms with E-state index in [1.165, 1.54) is 6.20 Å². The Labute approximate surface area is 346 Å². The molecular weight excluding hydrogens is 864 g/mol. The molecule has 4 aromatic heterocycles. The Hall–Kier alpha value is -2.55. The van der Waals surface area contributed by atoms with Crippen molar-refractivity contribution in [1.29, 1.82) is 0 Å². The summed E-state index contributed by atoms with van der Waals surface area (Å²) >= 11 is 6.56. The number of nitrogens with two attached hydrogens (primary N) is 1. The molecular formula is C38H64Br2N8O5Si2. The second-order valence-electron chi connectivity index (χ2n) is 18.5. The van der Waals surface area contributed by atoms with Crippen LogP contribution in [0.15, 0.2) is 34.0 Å². The maximum absolute atomic E-state index is 12.9. The lowest BCUT2D eigenvalue weighted by molar-refractivity contribution is 0.0695. The minimum atomic E-state index is -1.14. The van der Waals surface area contributed by atoms with Crippen molar-refractivity contribution in [1.82, 2.24) is 34.4 Å². The number of nitrogens with zero attached hydrogens (tertiary/aromatic N) is 6. The van der Waals surface area contributed by atoms with Gasteiger partial charge in [-0.3, -0.25) is 4.79 Å². The van der Waals surface area contributed by atoms with Crippen molar-refractivity contribution in [3.8, 4) is 0 Å². The maximum Gasteiger partial charge on any atom is 0.339 e. The number of carboxylic acids is 1. The van der Waals surface area contributed by atoms with Crippen molar-refractivity contribution >= 4 is 82.2 Å². The fourth-order valence-electron chi connectivity index (χ4n) is 4.15. The predicted molar refractivity (Wildman–Crippen MR) is 235 cm³/mol. The largest absolute Gasteiger partial charge is 0.478 e. The molecule has 0 aliphatic rings. The zero-order valence-corrected chi connectivity index (χ0v) is 40.5. The quantitative estimate of drug-likeness (QED) is 0.0867. The summed E-state index contributed by atoms with van der Waals surface area (Å²) in [4.78, 5) is 41.5. The third-order valence-electron chi connectivity index (χ3n) is 9.01. The zero-order valence-electron chi connectivity index (χ0n) is 35.3. The van der Waals surface area contributed by atoms with Gasteiger partial charge in [-0.25, -0.2) is 24.7 Å². The lowest BCUT2D eigenvalue weighted by atomic mass is 9.88. The van der Waals surface area contributed by atoms with Crippen molar-refractivity contribution in [2.24, 2.45) is 16.6 Å². The van der Waals surface area contributed by atoms with Crippen molar-refractivity contribution in [2.75, 3.05) is 13.2 Å². The van der Waals surface area contributed by atoms with Crippen LogP contribution < -0.4 is 11.1 Å². The molecule has 17 heteroatoms. The molecule has 308 valence electrons. The van der Waals surface area contributed by atoms with E-state index in [4.69, 9.17) is 15.2 Å². The molecule has 4 heterocycles. The van der Waals surface area contributed by atoms with E-state index in [-0.39, 0.29) is 35.1 Å². The minimum Gasteiger partial charge on any atom is -0.478 e. The van der Waals surface area contributed by atoms with Gasteiger partial charge in [0, 0.05) is 53.8 Å². The molecule has 2 atom stereocenters. The Morgan fingerprint density at radius 1 is 0.782 bits per heavy atom. The number of carboxylic acid groups (broad SMARTS) is 1. The molecule has 0 aliphatic carbocycles. The molecule has 0 fully saturated rings. The first-order valence-corrected chi connectivity index (χ1v) is 27.6. The van der Waals surface area contributed by atoms with Gasteiger partial charge in [0.15, 0.2) is 11.3 Å². The van der Waals surface area contributed by atoms with Gasteiger partial charge in [-0.15, -0.1) is 0 Å². The summed E-state index contributed by atoms with van der Waals surface area (Å²) in [5.41, 5.74) is 8.59. The average Bonchev–Trinajstić information content (AvgIpc) is 3.58. The van der Waals surface area contributed by atoms with Crippen LogP contribution in [0.3, 0.4) is 0 Å². The molecule has 0 radical (unpaired) electrons. The summed E-state index contributed by atoms with van der Waals surface area (Å²) in [5.74, 6) is -1.16. The van der Waals surface area contributed by atoms with Crippen molar-refractivity contribution in [3.05, 3.63) is 45.1 Å². The number of carbonyl (C=O) groups is 2. The highest BCUT2D eigenvalue weighted by Crippen LogP contribution is 2.24.